The number of halogens is 1. The first kappa shape index (κ1) is 15.7. The van der Waals surface area contributed by atoms with Gasteiger partial charge in [-0.2, -0.15) is 0 Å². The van der Waals surface area contributed by atoms with Crippen molar-refractivity contribution in [3.63, 3.8) is 0 Å². The lowest BCUT2D eigenvalue weighted by molar-refractivity contribution is 0.0531. The fourth-order valence-electron chi connectivity index (χ4n) is 1.51. The maximum atomic E-state index is 11.7. The zero-order valence-corrected chi connectivity index (χ0v) is 13.1. The van der Waals surface area contributed by atoms with E-state index in [-0.39, 0.29) is 28.7 Å². The molecule has 1 aromatic carbocycles. The van der Waals surface area contributed by atoms with E-state index in [2.05, 4.69) is 4.98 Å². The number of aromatic nitrogens is 1. The Morgan fingerprint density at radius 1 is 1.37 bits per heavy atom. The first-order chi connectivity index (χ1) is 8.61. The molecule has 0 aliphatic carbocycles. The third kappa shape index (κ3) is 3.54. The van der Waals surface area contributed by atoms with E-state index in [0.717, 1.165) is 10.6 Å². The molecular formula is C13H14BrNO3S. The van der Waals surface area contributed by atoms with Gasteiger partial charge in [-0.3, -0.25) is 0 Å². The van der Waals surface area contributed by atoms with Crippen LogP contribution < -0.4 is 0 Å². The van der Waals surface area contributed by atoms with Crippen molar-refractivity contribution >= 4 is 34.3 Å². The van der Waals surface area contributed by atoms with Crippen LogP contribution in [-0.2, 0) is 4.74 Å². The smallest absolute Gasteiger partial charge is 0.350 e. The average molecular weight is 344 g/mol. The second kappa shape index (κ2) is 6.68. The van der Waals surface area contributed by atoms with Gasteiger partial charge >= 0.3 is 5.97 Å². The largest absolute Gasteiger partial charge is 0.508 e. The monoisotopic (exact) mass is 343 g/mol. The van der Waals surface area contributed by atoms with E-state index in [0.29, 0.717) is 17.2 Å². The van der Waals surface area contributed by atoms with E-state index in [9.17, 15) is 9.90 Å². The van der Waals surface area contributed by atoms with Crippen LogP contribution in [0, 0.1) is 6.92 Å². The third-order valence-corrected chi connectivity index (χ3v) is 3.56. The molecule has 1 N–H and O–H groups in total. The Morgan fingerprint density at radius 2 is 2.00 bits per heavy atom. The number of nitrogens with zero attached hydrogens (tertiary/aromatic N) is 1. The molecule has 6 heteroatoms. The second-order valence-corrected chi connectivity index (χ2v) is 4.70. The van der Waals surface area contributed by atoms with E-state index in [1.54, 1.807) is 38.1 Å². The Balaban J connectivity index is 0.00000180. The Bertz CT molecular complexity index is 566. The zero-order chi connectivity index (χ0) is 13.1. The van der Waals surface area contributed by atoms with Gasteiger partial charge in [0, 0.05) is 5.56 Å². The summed E-state index contributed by atoms with van der Waals surface area (Å²) < 4.78 is 4.97. The van der Waals surface area contributed by atoms with E-state index < -0.39 is 0 Å². The molecule has 0 unspecified atom stereocenters. The summed E-state index contributed by atoms with van der Waals surface area (Å²) in [5, 5.41) is 9.98. The molecule has 1 heterocycles. The number of phenols is 1. The zero-order valence-electron chi connectivity index (χ0n) is 10.5. The summed E-state index contributed by atoms with van der Waals surface area (Å²) in [4.78, 5) is 16.6. The summed E-state index contributed by atoms with van der Waals surface area (Å²) in [5.41, 5.74) is 1.54. The molecule has 0 spiro atoms. The first-order valence-corrected chi connectivity index (χ1v) is 6.37. The lowest BCUT2D eigenvalue weighted by atomic mass is 10.2. The summed E-state index contributed by atoms with van der Waals surface area (Å²) in [5.74, 6) is -0.129. The summed E-state index contributed by atoms with van der Waals surface area (Å²) in [6, 6.07) is 6.72. The van der Waals surface area contributed by atoms with Gasteiger partial charge in [0.2, 0.25) is 0 Å². The molecule has 0 aliphatic rings. The molecule has 0 saturated carbocycles. The fourth-order valence-corrected chi connectivity index (χ4v) is 2.48. The highest BCUT2D eigenvalue weighted by Crippen LogP contribution is 2.29. The van der Waals surface area contributed by atoms with Crippen LogP contribution in [0.4, 0.5) is 0 Å². The summed E-state index contributed by atoms with van der Waals surface area (Å²) in [6.45, 7) is 3.91. The van der Waals surface area contributed by atoms with Crippen molar-refractivity contribution in [2.24, 2.45) is 0 Å². The SMILES string of the molecule is Br.CCOC(=O)c1sc(-c2ccc(O)cc2)nc1C. The van der Waals surface area contributed by atoms with Gasteiger partial charge in [0.1, 0.15) is 15.6 Å². The van der Waals surface area contributed by atoms with E-state index in [1.165, 1.54) is 11.3 Å². The minimum atomic E-state index is -0.336. The third-order valence-electron chi connectivity index (χ3n) is 2.37. The molecule has 2 rings (SSSR count). The van der Waals surface area contributed by atoms with Crippen LogP contribution in [-0.4, -0.2) is 22.7 Å². The number of phenolic OH excluding ortho intramolecular Hbond substituents is 1. The Labute approximate surface area is 125 Å². The van der Waals surface area contributed by atoms with Crippen LogP contribution in [0.15, 0.2) is 24.3 Å². The predicted octanol–water partition coefficient (Wildman–Crippen LogP) is 3.58. The van der Waals surface area contributed by atoms with Crippen LogP contribution in [0.5, 0.6) is 5.75 Å². The topological polar surface area (TPSA) is 59.4 Å². The highest BCUT2D eigenvalue weighted by molar-refractivity contribution is 8.93. The number of benzene rings is 1. The molecule has 0 atom stereocenters. The van der Waals surface area contributed by atoms with E-state index in [4.69, 9.17) is 4.74 Å². The van der Waals surface area contributed by atoms with E-state index >= 15 is 0 Å². The van der Waals surface area contributed by atoms with Crippen molar-refractivity contribution in [2.75, 3.05) is 6.61 Å². The van der Waals surface area contributed by atoms with Gasteiger partial charge in [-0.25, -0.2) is 9.78 Å². The van der Waals surface area contributed by atoms with Gasteiger partial charge in [-0.05, 0) is 38.1 Å². The summed E-state index contributed by atoms with van der Waals surface area (Å²) in [7, 11) is 0. The molecule has 0 bridgehead atoms. The standard InChI is InChI=1S/C13H13NO3S.BrH/c1-3-17-13(16)11-8(2)14-12(18-11)9-4-6-10(15)7-5-9;/h4-7,15H,3H2,1-2H3;1H. The number of aryl methyl sites for hydroxylation is 1. The van der Waals surface area contributed by atoms with Crippen LogP contribution in [0.2, 0.25) is 0 Å². The fraction of sp³-hybridized carbons (Fsp3) is 0.231. The molecule has 0 amide bonds. The van der Waals surface area contributed by atoms with Gasteiger partial charge in [-0.15, -0.1) is 28.3 Å². The molecule has 0 radical (unpaired) electrons. The molecule has 19 heavy (non-hydrogen) atoms. The Hall–Kier alpha value is -1.40. The molecule has 2 aromatic rings. The minimum Gasteiger partial charge on any atom is -0.508 e. The number of carbonyl (C=O) groups excluding carboxylic acids is 1. The number of thiazole rings is 1. The van der Waals surface area contributed by atoms with Gasteiger partial charge in [0.05, 0.1) is 12.3 Å². The second-order valence-electron chi connectivity index (χ2n) is 3.70. The van der Waals surface area contributed by atoms with Crippen molar-refractivity contribution in [3.8, 4) is 16.3 Å². The predicted molar refractivity (Wildman–Crippen MR) is 80.2 cm³/mol. The Morgan fingerprint density at radius 3 is 2.58 bits per heavy atom. The summed E-state index contributed by atoms with van der Waals surface area (Å²) >= 11 is 1.30. The van der Waals surface area contributed by atoms with Gasteiger partial charge in [-0.1, -0.05) is 0 Å². The Kier molecular flexibility index (Phi) is 5.50. The molecule has 0 saturated heterocycles. The van der Waals surface area contributed by atoms with Crippen molar-refractivity contribution in [3.05, 3.63) is 34.8 Å². The molecule has 102 valence electrons. The number of hydrogen-bond donors (Lipinski definition) is 1. The molecular weight excluding hydrogens is 330 g/mol. The average Bonchev–Trinajstić information content (AvgIpc) is 2.72. The molecule has 1 aromatic heterocycles. The molecule has 0 fully saturated rings. The van der Waals surface area contributed by atoms with Crippen molar-refractivity contribution in [1.82, 2.24) is 4.98 Å². The summed E-state index contributed by atoms with van der Waals surface area (Å²) in [6.07, 6.45) is 0. The van der Waals surface area contributed by atoms with Crippen LogP contribution in [0.25, 0.3) is 10.6 Å². The number of esters is 1. The van der Waals surface area contributed by atoms with Crippen molar-refractivity contribution < 1.29 is 14.6 Å². The normalized spacial score (nSPS) is 9.79. The molecule has 4 nitrogen and oxygen atoms in total. The number of hydrogen-bond acceptors (Lipinski definition) is 5. The minimum absolute atomic E-state index is 0. The number of aromatic hydroxyl groups is 1. The lowest BCUT2D eigenvalue weighted by Gasteiger charge is -1.97. The first-order valence-electron chi connectivity index (χ1n) is 5.55. The highest BCUT2D eigenvalue weighted by Gasteiger charge is 2.16. The van der Waals surface area contributed by atoms with Crippen molar-refractivity contribution in [2.45, 2.75) is 13.8 Å². The van der Waals surface area contributed by atoms with Crippen LogP contribution in [0.1, 0.15) is 22.3 Å². The van der Waals surface area contributed by atoms with Gasteiger partial charge < -0.3 is 9.84 Å². The van der Waals surface area contributed by atoms with Crippen LogP contribution >= 0.6 is 28.3 Å². The number of ether oxygens (including phenoxy) is 1. The number of rotatable bonds is 3. The van der Waals surface area contributed by atoms with Gasteiger partial charge in [0.25, 0.3) is 0 Å². The van der Waals surface area contributed by atoms with E-state index in [1.807, 2.05) is 0 Å². The highest BCUT2D eigenvalue weighted by atomic mass is 79.9. The quantitative estimate of drug-likeness (QED) is 0.865. The van der Waals surface area contributed by atoms with Crippen molar-refractivity contribution in [1.29, 1.82) is 0 Å². The number of carbonyl (C=O) groups is 1. The lowest BCUT2D eigenvalue weighted by Crippen LogP contribution is -2.03. The molecule has 0 aliphatic heterocycles. The van der Waals surface area contributed by atoms with Gasteiger partial charge in [0.15, 0.2) is 0 Å². The van der Waals surface area contributed by atoms with Crippen LogP contribution in [0.3, 0.4) is 0 Å². The maximum absolute atomic E-state index is 11.7. The maximum Gasteiger partial charge on any atom is 0.350 e.